The maximum absolute atomic E-state index is 6.27. The first kappa shape index (κ1) is 12.5. The molecule has 0 spiro atoms. The van der Waals surface area contributed by atoms with Crippen molar-refractivity contribution >= 4 is 11.6 Å². The maximum Gasteiger partial charge on any atom is 0.168 e. The highest BCUT2D eigenvalue weighted by Gasteiger charge is 2.09. The minimum Gasteiger partial charge on any atom is -0.204 e. The Kier molecular flexibility index (Phi) is 6.42. The van der Waals surface area contributed by atoms with Crippen LogP contribution in [0.5, 0.6) is 0 Å². The molecule has 1 aromatic heterocycles. The number of rotatable bonds is 7. The third kappa shape index (κ3) is 5.78. The summed E-state index contributed by atoms with van der Waals surface area (Å²) in [7, 11) is 0. The molecule has 0 aliphatic heterocycles. The van der Waals surface area contributed by atoms with Crippen LogP contribution in [0.3, 0.4) is 0 Å². The van der Waals surface area contributed by atoms with E-state index in [0.717, 1.165) is 13.0 Å². The highest BCUT2D eigenvalue weighted by Crippen LogP contribution is 2.10. The van der Waals surface area contributed by atoms with Gasteiger partial charge in [-0.25, -0.2) is 4.57 Å². The van der Waals surface area contributed by atoms with Crippen LogP contribution >= 0.6 is 11.6 Å². The number of hydrogen-bond acceptors (Lipinski definition) is 0. The Morgan fingerprint density at radius 3 is 2.47 bits per heavy atom. The molecule has 0 fully saturated rings. The van der Waals surface area contributed by atoms with Crippen LogP contribution in [0.4, 0.5) is 0 Å². The van der Waals surface area contributed by atoms with E-state index in [4.69, 9.17) is 11.6 Å². The van der Waals surface area contributed by atoms with Crippen LogP contribution in [-0.4, -0.2) is 5.38 Å². The average molecular weight is 227 g/mol. The number of pyridine rings is 1. The fourth-order valence-electron chi connectivity index (χ4n) is 1.67. The molecular formula is C13H21ClN+. The molecule has 0 saturated heterocycles. The van der Waals surface area contributed by atoms with Gasteiger partial charge in [0, 0.05) is 12.1 Å². The Bertz CT molecular complexity index is 248. The van der Waals surface area contributed by atoms with Gasteiger partial charge in [-0.05, 0) is 6.42 Å². The Balaban J connectivity index is 2.16. The van der Waals surface area contributed by atoms with Crippen LogP contribution in [0.2, 0.25) is 0 Å². The molecule has 15 heavy (non-hydrogen) atoms. The summed E-state index contributed by atoms with van der Waals surface area (Å²) in [5.74, 6) is 0. The Morgan fingerprint density at radius 1 is 1.07 bits per heavy atom. The van der Waals surface area contributed by atoms with Gasteiger partial charge in [-0.3, -0.25) is 0 Å². The summed E-state index contributed by atoms with van der Waals surface area (Å²) in [5.41, 5.74) is 0. The molecular weight excluding hydrogens is 206 g/mol. The van der Waals surface area contributed by atoms with E-state index in [0.29, 0.717) is 0 Å². The standard InChI is InChI=1S/C13H21ClN/c1-2-3-4-6-9-13(14)12-15-10-7-5-8-11-15/h5,7-8,10-11,13H,2-4,6,9,12H2,1H3/q+1. The van der Waals surface area contributed by atoms with Crippen LogP contribution in [-0.2, 0) is 6.54 Å². The van der Waals surface area contributed by atoms with E-state index >= 15 is 0 Å². The van der Waals surface area contributed by atoms with Crippen molar-refractivity contribution in [2.24, 2.45) is 0 Å². The van der Waals surface area contributed by atoms with Gasteiger partial charge in [0.15, 0.2) is 18.9 Å². The predicted octanol–water partition coefficient (Wildman–Crippen LogP) is 3.55. The Labute approximate surface area is 98.1 Å². The van der Waals surface area contributed by atoms with Crippen LogP contribution in [0, 0.1) is 0 Å². The van der Waals surface area contributed by atoms with Gasteiger partial charge in [0.1, 0.15) is 0 Å². The van der Waals surface area contributed by atoms with Crippen LogP contribution in [0.25, 0.3) is 0 Å². The molecule has 1 heterocycles. The molecule has 1 atom stereocenters. The molecule has 0 aromatic carbocycles. The van der Waals surface area contributed by atoms with E-state index in [1.165, 1.54) is 25.7 Å². The zero-order valence-electron chi connectivity index (χ0n) is 9.53. The van der Waals surface area contributed by atoms with Crippen molar-refractivity contribution < 1.29 is 4.57 Å². The third-order valence-corrected chi connectivity index (χ3v) is 2.91. The lowest BCUT2D eigenvalue weighted by Gasteiger charge is -2.05. The van der Waals surface area contributed by atoms with Gasteiger partial charge in [0.05, 0.1) is 5.38 Å². The number of alkyl halides is 1. The van der Waals surface area contributed by atoms with E-state index in [1.54, 1.807) is 0 Å². The molecule has 2 heteroatoms. The van der Waals surface area contributed by atoms with Gasteiger partial charge in [-0.15, -0.1) is 11.6 Å². The molecule has 1 unspecified atom stereocenters. The first-order valence-electron chi connectivity index (χ1n) is 5.91. The molecule has 84 valence electrons. The molecule has 0 radical (unpaired) electrons. The summed E-state index contributed by atoms with van der Waals surface area (Å²) in [6.07, 6.45) is 10.5. The molecule has 0 bridgehead atoms. The topological polar surface area (TPSA) is 3.88 Å². The monoisotopic (exact) mass is 226 g/mol. The quantitative estimate of drug-likeness (QED) is 0.380. The van der Waals surface area contributed by atoms with Crippen molar-refractivity contribution in [3.8, 4) is 0 Å². The molecule has 0 amide bonds. The minimum absolute atomic E-state index is 0.272. The zero-order valence-corrected chi connectivity index (χ0v) is 10.3. The average Bonchev–Trinajstić information content (AvgIpc) is 2.26. The molecule has 0 N–H and O–H groups in total. The Hall–Kier alpha value is -0.560. The molecule has 0 aliphatic carbocycles. The van der Waals surface area contributed by atoms with Crippen LogP contribution in [0.15, 0.2) is 30.6 Å². The van der Waals surface area contributed by atoms with Crippen LogP contribution in [0.1, 0.15) is 39.0 Å². The lowest BCUT2D eigenvalue weighted by molar-refractivity contribution is -0.696. The summed E-state index contributed by atoms with van der Waals surface area (Å²) >= 11 is 6.27. The minimum atomic E-state index is 0.272. The molecule has 0 saturated carbocycles. The second-order valence-corrected chi connectivity index (χ2v) is 4.64. The van der Waals surface area contributed by atoms with E-state index in [-0.39, 0.29) is 5.38 Å². The molecule has 0 aliphatic rings. The second-order valence-electron chi connectivity index (χ2n) is 4.02. The second kappa shape index (κ2) is 7.70. The van der Waals surface area contributed by atoms with Crippen molar-refractivity contribution in [1.29, 1.82) is 0 Å². The largest absolute Gasteiger partial charge is 0.204 e. The predicted molar refractivity (Wildman–Crippen MR) is 65.0 cm³/mol. The van der Waals surface area contributed by atoms with Crippen molar-refractivity contribution in [3.05, 3.63) is 30.6 Å². The fraction of sp³-hybridized carbons (Fsp3) is 0.615. The van der Waals surface area contributed by atoms with Crippen molar-refractivity contribution in [1.82, 2.24) is 0 Å². The summed E-state index contributed by atoms with van der Waals surface area (Å²) in [4.78, 5) is 0. The normalized spacial score (nSPS) is 12.7. The fourth-order valence-corrected chi connectivity index (χ4v) is 1.98. The van der Waals surface area contributed by atoms with E-state index in [9.17, 15) is 0 Å². The van der Waals surface area contributed by atoms with Crippen molar-refractivity contribution in [2.45, 2.75) is 50.9 Å². The number of nitrogens with zero attached hydrogens (tertiary/aromatic N) is 1. The highest BCUT2D eigenvalue weighted by molar-refractivity contribution is 6.20. The number of hydrogen-bond donors (Lipinski definition) is 0. The lowest BCUT2D eigenvalue weighted by atomic mass is 10.1. The zero-order chi connectivity index (χ0) is 10.9. The highest BCUT2D eigenvalue weighted by atomic mass is 35.5. The molecule has 1 rings (SSSR count). The van der Waals surface area contributed by atoms with Crippen molar-refractivity contribution in [2.75, 3.05) is 0 Å². The van der Waals surface area contributed by atoms with Gasteiger partial charge >= 0.3 is 0 Å². The van der Waals surface area contributed by atoms with E-state index in [1.807, 2.05) is 18.2 Å². The van der Waals surface area contributed by atoms with Gasteiger partial charge < -0.3 is 0 Å². The smallest absolute Gasteiger partial charge is 0.168 e. The number of halogens is 1. The summed E-state index contributed by atoms with van der Waals surface area (Å²) < 4.78 is 2.15. The number of unbranched alkanes of at least 4 members (excludes halogenated alkanes) is 3. The molecule has 1 aromatic rings. The van der Waals surface area contributed by atoms with Gasteiger partial charge in [-0.2, -0.15) is 0 Å². The first-order valence-corrected chi connectivity index (χ1v) is 6.34. The summed E-state index contributed by atoms with van der Waals surface area (Å²) in [5, 5.41) is 0.272. The lowest BCUT2D eigenvalue weighted by Crippen LogP contribution is -2.37. The van der Waals surface area contributed by atoms with E-state index < -0.39 is 0 Å². The van der Waals surface area contributed by atoms with Crippen molar-refractivity contribution in [3.63, 3.8) is 0 Å². The van der Waals surface area contributed by atoms with E-state index in [2.05, 4.69) is 23.9 Å². The van der Waals surface area contributed by atoms with Crippen LogP contribution < -0.4 is 4.57 Å². The first-order chi connectivity index (χ1) is 7.33. The number of aromatic nitrogens is 1. The Morgan fingerprint density at radius 2 is 1.80 bits per heavy atom. The third-order valence-electron chi connectivity index (χ3n) is 2.56. The summed E-state index contributed by atoms with van der Waals surface area (Å²) in [6.45, 7) is 3.16. The molecule has 1 nitrogen and oxygen atoms in total. The SMILES string of the molecule is CCCCCCC(Cl)C[n+]1ccccc1. The van der Waals surface area contributed by atoms with Gasteiger partial charge in [0.25, 0.3) is 0 Å². The summed E-state index contributed by atoms with van der Waals surface area (Å²) in [6, 6.07) is 6.11. The van der Waals surface area contributed by atoms with Gasteiger partial charge in [-0.1, -0.05) is 38.7 Å². The maximum atomic E-state index is 6.27. The van der Waals surface area contributed by atoms with Gasteiger partial charge in [0.2, 0.25) is 0 Å².